The molecule has 0 bridgehead atoms. The molecule has 0 spiro atoms. The first-order chi connectivity index (χ1) is 10.8. The molecule has 0 aliphatic carbocycles. The van der Waals surface area contributed by atoms with Crippen LogP contribution in [-0.4, -0.2) is 42.5 Å². The summed E-state index contributed by atoms with van der Waals surface area (Å²) in [5, 5.41) is 10.7. The monoisotopic (exact) mass is 301 g/mol. The SMILES string of the molecule is CCNC(=NCc1ccc(-n2cccn2)cc1)NCCOC. The first-order valence-electron chi connectivity index (χ1n) is 7.43. The summed E-state index contributed by atoms with van der Waals surface area (Å²) in [6.45, 7) is 4.90. The van der Waals surface area contributed by atoms with Gasteiger partial charge in [0.1, 0.15) is 0 Å². The van der Waals surface area contributed by atoms with Crippen molar-refractivity contribution in [2.24, 2.45) is 4.99 Å². The highest BCUT2D eigenvalue weighted by molar-refractivity contribution is 5.79. The highest BCUT2D eigenvalue weighted by Crippen LogP contribution is 2.09. The molecule has 0 aliphatic heterocycles. The van der Waals surface area contributed by atoms with Gasteiger partial charge in [0, 0.05) is 32.6 Å². The van der Waals surface area contributed by atoms with E-state index in [1.807, 2.05) is 36.0 Å². The summed E-state index contributed by atoms with van der Waals surface area (Å²) >= 11 is 0. The minimum Gasteiger partial charge on any atom is -0.383 e. The number of nitrogens with zero attached hydrogens (tertiary/aromatic N) is 3. The Labute approximate surface area is 131 Å². The quantitative estimate of drug-likeness (QED) is 0.463. The number of methoxy groups -OCH3 is 1. The Kier molecular flexibility index (Phi) is 6.44. The number of guanidine groups is 1. The van der Waals surface area contributed by atoms with E-state index in [-0.39, 0.29) is 0 Å². The van der Waals surface area contributed by atoms with Crippen molar-refractivity contribution in [2.45, 2.75) is 13.5 Å². The molecular formula is C16H23N5O. The van der Waals surface area contributed by atoms with Gasteiger partial charge in [0.2, 0.25) is 0 Å². The van der Waals surface area contributed by atoms with E-state index in [2.05, 4.69) is 32.9 Å². The first kappa shape index (κ1) is 16.0. The van der Waals surface area contributed by atoms with Gasteiger partial charge in [0.15, 0.2) is 5.96 Å². The van der Waals surface area contributed by atoms with Crippen molar-refractivity contribution < 1.29 is 4.74 Å². The van der Waals surface area contributed by atoms with Gasteiger partial charge in [-0.1, -0.05) is 12.1 Å². The van der Waals surface area contributed by atoms with Crippen LogP contribution in [0.2, 0.25) is 0 Å². The summed E-state index contributed by atoms with van der Waals surface area (Å²) in [5.74, 6) is 0.802. The van der Waals surface area contributed by atoms with Crippen LogP contribution in [0.1, 0.15) is 12.5 Å². The minimum atomic E-state index is 0.627. The van der Waals surface area contributed by atoms with Crippen LogP contribution < -0.4 is 10.6 Å². The van der Waals surface area contributed by atoms with E-state index in [0.717, 1.165) is 30.3 Å². The maximum Gasteiger partial charge on any atom is 0.191 e. The summed E-state index contributed by atoms with van der Waals surface area (Å²) in [6.07, 6.45) is 3.70. The van der Waals surface area contributed by atoms with Crippen molar-refractivity contribution in [3.05, 3.63) is 48.3 Å². The van der Waals surface area contributed by atoms with E-state index in [9.17, 15) is 0 Å². The fourth-order valence-electron chi connectivity index (χ4n) is 1.96. The Balaban J connectivity index is 1.94. The number of aliphatic imine (C=N–C) groups is 1. The van der Waals surface area contributed by atoms with Crippen molar-refractivity contribution >= 4 is 5.96 Å². The molecule has 0 amide bonds. The van der Waals surface area contributed by atoms with E-state index in [0.29, 0.717) is 13.2 Å². The van der Waals surface area contributed by atoms with E-state index >= 15 is 0 Å². The van der Waals surface area contributed by atoms with Gasteiger partial charge in [-0.15, -0.1) is 0 Å². The zero-order chi connectivity index (χ0) is 15.6. The lowest BCUT2D eigenvalue weighted by Gasteiger charge is -2.10. The average Bonchev–Trinajstić information content (AvgIpc) is 3.08. The smallest absolute Gasteiger partial charge is 0.191 e. The predicted molar refractivity (Wildman–Crippen MR) is 88.3 cm³/mol. The highest BCUT2D eigenvalue weighted by Gasteiger charge is 1.99. The molecule has 22 heavy (non-hydrogen) atoms. The van der Waals surface area contributed by atoms with Gasteiger partial charge >= 0.3 is 0 Å². The van der Waals surface area contributed by atoms with Crippen molar-refractivity contribution in [2.75, 3.05) is 26.8 Å². The largest absolute Gasteiger partial charge is 0.383 e. The molecule has 1 aromatic carbocycles. The molecule has 118 valence electrons. The summed E-state index contributed by atoms with van der Waals surface area (Å²) in [5.41, 5.74) is 2.20. The molecule has 0 aliphatic rings. The second-order valence-corrected chi connectivity index (χ2v) is 4.73. The molecular weight excluding hydrogens is 278 g/mol. The molecule has 0 saturated carbocycles. The molecule has 0 unspecified atom stereocenters. The maximum atomic E-state index is 5.03. The van der Waals surface area contributed by atoms with Gasteiger partial charge in [-0.2, -0.15) is 5.10 Å². The lowest BCUT2D eigenvalue weighted by atomic mass is 10.2. The number of benzene rings is 1. The molecule has 0 radical (unpaired) electrons. The molecule has 2 rings (SSSR count). The molecule has 0 atom stereocenters. The van der Waals surface area contributed by atoms with Crippen LogP contribution in [0.25, 0.3) is 5.69 Å². The first-order valence-corrected chi connectivity index (χ1v) is 7.43. The number of aromatic nitrogens is 2. The third kappa shape index (κ3) is 4.89. The zero-order valence-electron chi connectivity index (χ0n) is 13.1. The van der Waals surface area contributed by atoms with Crippen molar-refractivity contribution in [1.29, 1.82) is 0 Å². The third-order valence-electron chi connectivity index (χ3n) is 3.07. The summed E-state index contributed by atoms with van der Waals surface area (Å²) in [4.78, 5) is 4.56. The van der Waals surface area contributed by atoms with Gasteiger partial charge in [-0.05, 0) is 30.7 Å². The number of ether oxygens (including phenoxy) is 1. The molecule has 2 aromatic rings. The summed E-state index contributed by atoms with van der Waals surface area (Å²) in [6, 6.07) is 10.1. The Morgan fingerprint density at radius 2 is 2.09 bits per heavy atom. The molecule has 6 nitrogen and oxygen atoms in total. The number of hydrogen-bond donors (Lipinski definition) is 2. The summed E-state index contributed by atoms with van der Waals surface area (Å²) in [7, 11) is 1.69. The maximum absolute atomic E-state index is 5.03. The third-order valence-corrected chi connectivity index (χ3v) is 3.07. The highest BCUT2D eigenvalue weighted by atomic mass is 16.5. The molecule has 0 saturated heterocycles. The second-order valence-electron chi connectivity index (χ2n) is 4.73. The van der Waals surface area contributed by atoms with E-state index in [4.69, 9.17) is 4.74 Å². The lowest BCUT2D eigenvalue weighted by molar-refractivity contribution is 0.203. The van der Waals surface area contributed by atoms with Crippen molar-refractivity contribution in [3.8, 4) is 5.69 Å². The Morgan fingerprint density at radius 1 is 1.27 bits per heavy atom. The van der Waals surface area contributed by atoms with E-state index in [1.165, 1.54) is 0 Å². The lowest BCUT2D eigenvalue weighted by Crippen LogP contribution is -2.38. The van der Waals surface area contributed by atoms with Crippen LogP contribution in [0.4, 0.5) is 0 Å². The van der Waals surface area contributed by atoms with Crippen LogP contribution in [0, 0.1) is 0 Å². The van der Waals surface area contributed by atoms with E-state index in [1.54, 1.807) is 13.3 Å². The van der Waals surface area contributed by atoms with Crippen LogP contribution in [0.3, 0.4) is 0 Å². The van der Waals surface area contributed by atoms with Crippen molar-refractivity contribution in [3.63, 3.8) is 0 Å². The van der Waals surface area contributed by atoms with Gasteiger partial charge in [0.05, 0.1) is 18.8 Å². The molecule has 2 N–H and O–H groups in total. The number of rotatable bonds is 7. The van der Waals surface area contributed by atoms with Crippen LogP contribution in [-0.2, 0) is 11.3 Å². The predicted octanol–water partition coefficient (Wildman–Crippen LogP) is 1.57. The molecule has 0 fully saturated rings. The van der Waals surface area contributed by atoms with Gasteiger partial charge < -0.3 is 15.4 Å². The Morgan fingerprint density at radius 3 is 2.73 bits per heavy atom. The molecule has 1 heterocycles. The molecule has 1 aromatic heterocycles. The Hall–Kier alpha value is -2.34. The van der Waals surface area contributed by atoms with Crippen LogP contribution >= 0.6 is 0 Å². The normalized spacial score (nSPS) is 11.5. The Bertz CT molecular complexity index is 563. The van der Waals surface area contributed by atoms with E-state index < -0.39 is 0 Å². The number of nitrogens with one attached hydrogen (secondary N) is 2. The second kappa shape index (κ2) is 8.84. The topological polar surface area (TPSA) is 63.5 Å². The molecule has 6 heteroatoms. The zero-order valence-corrected chi connectivity index (χ0v) is 13.1. The fourth-order valence-corrected chi connectivity index (χ4v) is 1.96. The standard InChI is InChI=1S/C16H23N5O/c1-3-17-16(18-10-12-22-2)19-13-14-5-7-15(8-6-14)21-11-4-9-20-21/h4-9,11H,3,10,12-13H2,1-2H3,(H2,17,18,19). The minimum absolute atomic E-state index is 0.627. The average molecular weight is 301 g/mol. The fraction of sp³-hybridized carbons (Fsp3) is 0.375. The van der Waals surface area contributed by atoms with Gasteiger partial charge in [-0.3, -0.25) is 0 Å². The van der Waals surface area contributed by atoms with Crippen LogP contribution in [0.15, 0.2) is 47.7 Å². The van der Waals surface area contributed by atoms with Crippen molar-refractivity contribution in [1.82, 2.24) is 20.4 Å². The van der Waals surface area contributed by atoms with Crippen LogP contribution in [0.5, 0.6) is 0 Å². The number of hydrogen-bond acceptors (Lipinski definition) is 3. The van der Waals surface area contributed by atoms with Gasteiger partial charge in [-0.25, -0.2) is 9.67 Å². The summed E-state index contributed by atoms with van der Waals surface area (Å²) < 4.78 is 6.86. The van der Waals surface area contributed by atoms with Gasteiger partial charge in [0.25, 0.3) is 0 Å².